The Labute approximate surface area is 55.9 Å². The fraction of sp³-hybridized carbons (Fsp3) is 0. The molecule has 1 aromatic rings. The Balaban J connectivity index is 3.20. The number of rotatable bonds is 1. The molecule has 1 rings (SSSR count). The smallest absolute Gasteiger partial charge is 0.281 e. The molecule has 6 heteroatoms. The fourth-order valence-electron chi connectivity index (χ4n) is 0.329. The van der Waals surface area contributed by atoms with Crippen molar-refractivity contribution >= 4 is 21.5 Å². The third-order valence-electron chi connectivity index (χ3n) is 0.674. The zero-order chi connectivity index (χ0) is 6.91. The predicted octanol–water partition coefficient (Wildman–Crippen LogP) is 0.390. The second-order valence-corrected chi connectivity index (χ2v) is 3.39. The lowest BCUT2D eigenvalue weighted by Gasteiger charge is -1.83. The minimum atomic E-state index is -4.06. The Kier molecular flexibility index (Phi) is 1.52. The van der Waals surface area contributed by atoms with E-state index in [4.69, 9.17) is 4.55 Å². The van der Waals surface area contributed by atoms with Crippen molar-refractivity contribution in [2.45, 2.75) is 5.03 Å². The minimum Gasteiger partial charge on any atom is -0.281 e. The summed E-state index contributed by atoms with van der Waals surface area (Å²) in [6.07, 6.45) is 0. The molecule has 1 N–H and O–H groups in total. The highest BCUT2D eigenvalue weighted by molar-refractivity contribution is 7.85. The summed E-state index contributed by atoms with van der Waals surface area (Å²) >= 11 is 1.12. The molecule has 9 heavy (non-hydrogen) atoms. The van der Waals surface area contributed by atoms with Crippen LogP contribution in [0.2, 0.25) is 0 Å². The third-order valence-corrected chi connectivity index (χ3v) is 2.16. The normalized spacial score (nSPS) is 11.7. The van der Waals surface area contributed by atoms with E-state index >= 15 is 0 Å². The molecule has 0 aliphatic carbocycles. The second-order valence-electron chi connectivity index (χ2n) is 1.30. The maximum atomic E-state index is 10.2. The van der Waals surface area contributed by atoms with Crippen LogP contribution >= 0.6 is 11.3 Å². The summed E-state index contributed by atoms with van der Waals surface area (Å²) in [5.74, 6) is 0. The van der Waals surface area contributed by atoms with E-state index in [9.17, 15) is 8.42 Å². The van der Waals surface area contributed by atoms with E-state index in [0.717, 1.165) is 11.3 Å². The van der Waals surface area contributed by atoms with Crippen LogP contribution in [-0.4, -0.2) is 18.0 Å². The summed E-state index contributed by atoms with van der Waals surface area (Å²) in [7, 11) is -4.06. The monoisotopic (exact) mass is 165 g/mol. The molecule has 1 heterocycles. The van der Waals surface area contributed by atoms with Gasteiger partial charge < -0.3 is 0 Å². The zero-order valence-electron chi connectivity index (χ0n) is 4.18. The fourth-order valence-corrected chi connectivity index (χ4v) is 1.65. The second kappa shape index (κ2) is 2.05. The predicted molar refractivity (Wildman–Crippen MR) is 31.9 cm³/mol. The Bertz CT molecular complexity index is 274. The molecule has 0 saturated heterocycles. The quantitative estimate of drug-likeness (QED) is 0.611. The van der Waals surface area contributed by atoms with E-state index < -0.39 is 10.1 Å². The highest BCUT2D eigenvalue weighted by Gasteiger charge is 2.09. The van der Waals surface area contributed by atoms with Crippen LogP contribution in [-0.2, 0) is 10.1 Å². The van der Waals surface area contributed by atoms with Crippen LogP contribution in [0.25, 0.3) is 0 Å². The van der Waals surface area contributed by atoms with Crippen molar-refractivity contribution in [1.29, 1.82) is 0 Å². The molecule has 0 atom stereocenters. The third kappa shape index (κ3) is 1.47. The Morgan fingerprint density at radius 1 is 1.67 bits per heavy atom. The number of nitrogens with zero attached hydrogens (tertiary/aromatic N) is 1. The molecule has 0 unspecified atom stereocenters. The molecule has 0 amide bonds. The zero-order valence-corrected chi connectivity index (χ0v) is 5.82. The molecule has 0 aliphatic heterocycles. The van der Waals surface area contributed by atoms with Crippen LogP contribution in [0.15, 0.2) is 15.9 Å². The van der Waals surface area contributed by atoms with Crippen LogP contribution < -0.4 is 0 Å². The lowest BCUT2D eigenvalue weighted by molar-refractivity contribution is 0.480. The lowest BCUT2D eigenvalue weighted by atomic mass is 11.0. The van der Waals surface area contributed by atoms with Gasteiger partial charge in [0.15, 0.2) is 5.03 Å². The van der Waals surface area contributed by atoms with Gasteiger partial charge in [-0.2, -0.15) is 8.42 Å². The van der Waals surface area contributed by atoms with Gasteiger partial charge in [-0.15, -0.1) is 11.3 Å². The summed E-state index contributed by atoms with van der Waals surface area (Å²) in [5, 5.41) is 0.975. The van der Waals surface area contributed by atoms with Crippen molar-refractivity contribution in [3.63, 3.8) is 0 Å². The molecule has 0 saturated carbocycles. The van der Waals surface area contributed by atoms with Crippen molar-refractivity contribution < 1.29 is 13.0 Å². The molecule has 0 fully saturated rings. The van der Waals surface area contributed by atoms with Gasteiger partial charge >= 0.3 is 10.1 Å². The molecule has 4 nitrogen and oxygen atoms in total. The largest absolute Gasteiger partial charge is 0.312 e. The average molecular weight is 165 g/mol. The molecule has 0 radical (unpaired) electrons. The SMILES string of the molecule is O=S(=O)(O)c1cscn1. The highest BCUT2D eigenvalue weighted by atomic mass is 32.2. The molecular formula is C3H3NO3S2. The van der Waals surface area contributed by atoms with Gasteiger partial charge in [0.1, 0.15) is 0 Å². The lowest BCUT2D eigenvalue weighted by Crippen LogP contribution is -1.96. The van der Waals surface area contributed by atoms with Crippen LogP contribution in [0, 0.1) is 0 Å². The van der Waals surface area contributed by atoms with E-state index in [2.05, 4.69) is 4.98 Å². The Hall–Kier alpha value is -0.460. The van der Waals surface area contributed by atoms with Gasteiger partial charge in [0.2, 0.25) is 0 Å². The van der Waals surface area contributed by atoms with Gasteiger partial charge in [0, 0.05) is 5.38 Å². The molecule has 0 bridgehead atoms. The van der Waals surface area contributed by atoms with Gasteiger partial charge in [0.05, 0.1) is 5.51 Å². The molecule has 50 valence electrons. The first-order valence-corrected chi connectivity index (χ1v) is 4.34. The summed E-state index contributed by atoms with van der Waals surface area (Å²) in [6.45, 7) is 0. The minimum absolute atomic E-state index is 0.285. The first-order valence-electron chi connectivity index (χ1n) is 1.96. The Morgan fingerprint density at radius 3 is 2.56 bits per heavy atom. The van der Waals surface area contributed by atoms with Crippen LogP contribution in [0.4, 0.5) is 0 Å². The standard InChI is InChI=1S/C3H3NO3S2/c5-9(6,7)3-1-8-2-4-3/h1-2H,(H,5,6,7). The van der Waals surface area contributed by atoms with Crippen molar-refractivity contribution in [3.8, 4) is 0 Å². The molecule has 0 spiro atoms. The van der Waals surface area contributed by atoms with Gasteiger partial charge in [-0.1, -0.05) is 0 Å². The maximum Gasteiger partial charge on any atom is 0.312 e. The number of aromatic nitrogens is 1. The molecule has 1 aromatic heterocycles. The van der Waals surface area contributed by atoms with E-state index in [1.807, 2.05) is 0 Å². The highest BCUT2D eigenvalue weighted by Crippen LogP contribution is 2.06. The average Bonchev–Trinajstić information content (AvgIpc) is 2.08. The van der Waals surface area contributed by atoms with Crippen molar-refractivity contribution in [1.82, 2.24) is 4.98 Å². The number of hydrogen-bond acceptors (Lipinski definition) is 4. The van der Waals surface area contributed by atoms with Crippen LogP contribution in [0.1, 0.15) is 0 Å². The van der Waals surface area contributed by atoms with Crippen molar-refractivity contribution in [3.05, 3.63) is 10.9 Å². The summed E-state index contributed by atoms with van der Waals surface area (Å²) in [5.41, 5.74) is 1.34. The Morgan fingerprint density at radius 2 is 2.33 bits per heavy atom. The molecular weight excluding hydrogens is 162 g/mol. The first kappa shape index (κ1) is 6.66. The maximum absolute atomic E-state index is 10.2. The topological polar surface area (TPSA) is 67.3 Å². The number of hydrogen-bond donors (Lipinski definition) is 1. The summed E-state index contributed by atoms with van der Waals surface area (Å²) in [6, 6.07) is 0. The van der Waals surface area contributed by atoms with E-state index in [0.29, 0.717) is 0 Å². The van der Waals surface area contributed by atoms with E-state index in [-0.39, 0.29) is 5.03 Å². The van der Waals surface area contributed by atoms with Gasteiger partial charge in [-0.3, -0.25) is 4.55 Å². The van der Waals surface area contributed by atoms with E-state index in [1.165, 1.54) is 10.9 Å². The van der Waals surface area contributed by atoms with Gasteiger partial charge in [-0.25, -0.2) is 4.98 Å². The summed E-state index contributed by atoms with van der Waals surface area (Å²) < 4.78 is 28.7. The van der Waals surface area contributed by atoms with E-state index in [1.54, 1.807) is 0 Å². The van der Waals surface area contributed by atoms with Crippen LogP contribution in [0.3, 0.4) is 0 Å². The molecule has 0 aliphatic rings. The van der Waals surface area contributed by atoms with Gasteiger partial charge in [0.25, 0.3) is 0 Å². The summed E-state index contributed by atoms with van der Waals surface area (Å²) in [4.78, 5) is 3.37. The first-order chi connectivity index (χ1) is 4.11. The van der Waals surface area contributed by atoms with Gasteiger partial charge in [-0.05, 0) is 0 Å². The van der Waals surface area contributed by atoms with Crippen molar-refractivity contribution in [2.24, 2.45) is 0 Å². The number of thiazole rings is 1. The molecule has 0 aromatic carbocycles. The van der Waals surface area contributed by atoms with Crippen LogP contribution in [0.5, 0.6) is 0 Å². The van der Waals surface area contributed by atoms with Crippen molar-refractivity contribution in [2.75, 3.05) is 0 Å².